The van der Waals surface area contributed by atoms with Gasteiger partial charge in [-0.05, 0) is 12.8 Å². The lowest BCUT2D eigenvalue weighted by molar-refractivity contribution is 0.581. The summed E-state index contributed by atoms with van der Waals surface area (Å²) in [6.45, 7) is 3.86. The molecule has 0 aliphatic carbocycles. The van der Waals surface area contributed by atoms with E-state index >= 15 is 0 Å². The number of allylic oxidation sites excluding steroid dienone is 2. The highest BCUT2D eigenvalue weighted by Gasteiger charge is 2.02. The maximum atomic E-state index is 11.1. The van der Waals surface area contributed by atoms with Gasteiger partial charge in [0.15, 0.2) is 0 Å². The molecule has 2 nitrogen and oxygen atoms in total. The summed E-state index contributed by atoms with van der Waals surface area (Å²) < 4.78 is 11.1. The summed E-state index contributed by atoms with van der Waals surface area (Å²) in [7, 11) is -2.32. The third-order valence-electron chi connectivity index (χ3n) is 2.36. The molecule has 0 amide bonds. The van der Waals surface area contributed by atoms with Crippen LogP contribution in [0.2, 0.25) is 0 Å². The summed E-state index contributed by atoms with van der Waals surface area (Å²) in [5.41, 5.74) is 5.44. The maximum absolute atomic E-state index is 11.1. The van der Waals surface area contributed by atoms with Gasteiger partial charge in [0.05, 0.1) is 0 Å². The number of unbranched alkanes of at least 4 members (excludes halogenated alkanes) is 6. The van der Waals surface area contributed by atoms with E-state index in [1.54, 1.807) is 6.66 Å². The van der Waals surface area contributed by atoms with Crippen LogP contribution in [0.15, 0.2) is 12.2 Å². The predicted octanol–water partition coefficient (Wildman–Crippen LogP) is 4.16. The molecule has 3 heteroatoms. The van der Waals surface area contributed by atoms with Crippen molar-refractivity contribution in [1.82, 2.24) is 0 Å². The van der Waals surface area contributed by atoms with Gasteiger partial charge in [-0.25, -0.2) is 0 Å². The summed E-state index contributed by atoms with van der Waals surface area (Å²) in [5.74, 6) is 0. The van der Waals surface area contributed by atoms with E-state index in [4.69, 9.17) is 5.50 Å². The molecule has 1 atom stereocenters. The standard InChI is InChI=1S/C12H26NOP/c1-3-4-5-6-7-8-9-10-11-12-15(2,13)14/h10-11H,3-9,12H2,1-2H3,(H2,13,14)/b11-10+. The lowest BCUT2D eigenvalue weighted by atomic mass is 10.1. The first kappa shape index (κ1) is 14.9. The molecule has 2 N–H and O–H groups in total. The fourth-order valence-electron chi connectivity index (χ4n) is 1.44. The monoisotopic (exact) mass is 231 g/mol. The molecule has 0 spiro atoms. The average molecular weight is 231 g/mol. The number of hydrogen-bond acceptors (Lipinski definition) is 1. The predicted molar refractivity (Wildman–Crippen MR) is 69.7 cm³/mol. The molecule has 0 heterocycles. The summed E-state index contributed by atoms with van der Waals surface area (Å²) in [5, 5.41) is 0. The minimum Gasteiger partial charge on any atom is -0.307 e. The van der Waals surface area contributed by atoms with Crippen molar-refractivity contribution in [2.45, 2.75) is 51.9 Å². The molecule has 0 radical (unpaired) electrons. The zero-order valence-electron chi connectivity index (χ0n) is 10.2. The van der Waals surface area contributed by atoms with Gasteiger partial charge in [-0.15, -0.1) is 0 Å². The van der Waals surface area contributed by atoms with Gasteiger partial charge in [-0.1, -0.05) is 51.2 Å². The lowest BCUT2D eigenvalue weighted by Gasteiger charge is -2.00. The number of rotatable bonds is 9. The molecule has 0 bridgehead atoms. The molecule has 0 fully saturated rings. The second kappa shape index (κ2) is 9.18. The van der Waals surface area contributed by atoms with E-state index in [9.17, 15) is 4.57 Å². The largest absolute Gasteiger partial charge is 0.307 e. The minimum absolute atomic E-state index is 0.544. The molecule has 0 aromatic heterocycles. The number of nitrogens with two attached hydrogens (primary N) is 1. The van der Waals surface area contributed by atoms with Crippen LogP contribution in [-0.4, -0.2) is 12.8 Å². The zero-order chi connectivity index (χ0) is 11.6. The van der Waals surface area contributed by atoms with Crippen molar-refractivity contribution in [3.8, 4) is 0 Å². The molecule has 15 heavy (non-hydrogen) atoms. The second-order valence-corrected chi connectivity index (χ2v) is 7.10. The van der Waals surface area contributed by atoms with Crippen molar-refractivity contribution < 1.29 is 4.57 Å². The number of hydrogen-bond donors (Lipinski definition) is 1. The third-order valence-corrected chi connectivity index (χ3v) is 3.29. The van der Waals surface area contributed by atoms with E-state index in [0.29, 0.717) is 6.16 Å². The van der Waals surface area contributed by atoms with Crippen molar-refractivity contribution in [3.05, 3.63) is 12.2 Å². The van der Waals surface area contributed by atoms with Crippen molar-refractivity contribution in [3.63, 3.8) is 0 Å². The molecule has 1 unspecified atom stereocenters. The normalized spacial score (nSPS) is 15.7. The summed E-state index contributed by atoms with van der Waals surface area (Å²) in [6, 6.07) is 0. The maximum Gasteiger partial charge on any atom is 0.145 e. The smallest absolute Gasteiger partial charge is 0.145 e. The van der Waals surface area contributed by atoms with E-state index in [1.165, 1.54) is 38.5 Å². The van der Waals surface area contributed by atoms with Gasteiger partial charge in [0.25, 0.3) is 0 Å². The van der Waals surface area contributed by atoms with Crippen molar-refractivity contribution in [1.29, 1.82) is 0 Å². The van der Waals surface area contributed by atoms with Crippen LogP contribution in [-0.2, 0) is 4.57 Å². The Morgan fingerprint density at radius 2 is 1.67 bits per heavy atom. The molecule has 0 saturated heterocycles. The Bertz CT molecular complexity index is 208. The van der Waals surface area contributed by atoms with Gasteiger partial charge in [0, 0.05) is 12.8 Å². The van der Waals surface area contributed by atoms with Crippen molar-refractivity contribution in [2.24, 2.45) is 5.50 Å². The Morgan fingerprint density at radius 1 is 1.07 bits per heavy atom. The summed E-state index contributed by atoms with van der Waals surface area (Å²) in [4.78, 5) is 0. The van der Waals surface area contributed by atoms with Gasteiger partial charge < -0.3 is 4.57 Å². The minimum atomic E-state index is -2.32. The molecule has 0 aromatic carbocycles. The second-order valence-electron chi connectivity index (χ2n) is 4.38. The highest BCUT2D eigenvalue weighted by molar-refractivity contribution is 7.60. The average Bonchev–Trinajstić information content (AvgIpc) is 2.14. The van der Waals surface area contributed by atoms with Crippen LogP contribution in [0.4, 0.5) is 0 Å². The van der Waals surface area contributed by atoms with Gasteiger partial charge in [-0.2, -0.15) is 0 Å². The third kappa shape index (κ3) is 13.9. The highest BCUT2D eigenvalue weighted by Crippen LogP contribution is 2.29. The van der Waals surface area contributed by atoms with Crippen LogP contribution in [0.25, 0.3) is 0 Å². The van der Waals surface area contributed by atoms with Gasteiger partial charge in [0.1, 0.15) is 7.29 Å². The molecule has 0 saturated carbocycles. The fraction of sp³-hybridized carbons (Fsp3) is 0.833. The molecule has 90 valence electrons. The summed E-state index contributed by atoms with van der Waals surface area (Å²) >= 11 is 0. The van der Waals surface area contributed by atoms with Crippen LogP contribution in [0.3, 0.4) is 0 Å². The van der Waals surface area contributed by atoms with Crippen molar-refractivity contribution in [2.75, 3.05) is 12.8 Å². The van der Waals surface area contributed by atoms with Crippen LogP contribution in [0, 0.1) is 0 Å². The Morgan fingerprint density at radius 3 is 2.27 bits per heavy atom. The molecule has 0 aliphatic rings. The Hall–Kier alpha value is -0.0700. The fourth-order valence-corrected chi connectivity index (χ4v) is 2.01. The van der Waals surface area contributed by atoms with E-state index < -0.39 is 7.29 Å². The molecule has 0 aliphatic heterocycles. The first-order valence-corrected chi connectivity index (χ1v) is 8.47. The zero-order valence-corrected chi connectivity index (χ0v) is 11.1. The van der Waals surface area contributed by atoms with E-state index in [1.807, 2.05) is 6.08 Å². The topological polar surface area (TPSA) is 43.1 Å². The summed E-state index contributed by atoms with van der Waals surface area (Å²) in [6.07, 6.45) is 13.7. The van der Waals surface area contributed by atoms with E-state index in [0.717, 1.165) is 6.42 Å². The van der Waals surface area contributed by atoms with Crippen LogP contribution < -0.4 is 5.50 Å². The molecular weight excluding hydrogens is 205 g/mol. The first-order chi connectivity index (χ1) is 7.06. The molecule has 0 rings (SSSR count). The van der Waals surface area contributed by atoms with Crippen molar-refractivity contribution >= 4 is 7.29 Å². The van der Waals surface area contributed by atoms with Crippen LogP contribution in [0.1, 0.15) is 51.9 Å². The quantitative estimate of drug-likeness (QED) is 0.368. The lowest BCUT2D eigenvalue weighted by Crippen LogP contribution is -1.94. The van der Waals surface area contributed by atoms with E-state index in [2.05, 4.69) is 13.0 Å². The van der Waals surface area contributed by atoms with Gasteiger partial charge in [-0.3, -0.25) is 5.50 Å². The Labute approximate surface area is 94.7 Å². The molecular formula is C12H26NOP. The van der Waals surface area contributed by atoms with E-state index in [-0.39, 0.29) is 0 Å². The van der Waals surface area contributed by atoms with Gasteiger partial charge in [0.2, 0.25) is 0 Å². The highest BCUT2D eigenvalue weighted by atomic mass is 31.2. The van der Waals surface area contributed by atoms with Gasteiger partial charge >= 0.3 is 0 Å². The Kier molecular flexibility index (Phi) is 9.13. The van der Waals surface area contributed by atoms with Crippen LogP contribution >= 0.6 is 7.29 Å². The first-order valence-electron chi connectivity index (χ1n) is 6.06. The SMILES string of the molecule is CCCCCCCC/C=C/CP(C)(N)=O. The van der Waals surface area contributed by atoms with Crippen LogP contribution in [0.5, 0.6) is 0 Å². The molecule has 0 aromatic rings. The Balaban J connectivity index is 3.20.